The number of hydrogen-bond donors (Lipinski definition) is 1. The summed E-state index contributed by atoms with van der Waals surface area (Å²) >= 11 is 0. The van der Waals surface area contributed by atoms with E-state index in [1.165, 1.54) is 45.2 Å². The van der Waals surface area contributed by atoms with Crippen molar-refractivity contribution in [2.45, 2.75) is 32.1 Å². The van der Waals surface area contributed by atoms with Crippen LogP contribution in [0.5, 0.6) is 0 Å². The summed E-state index contributed by atoms with van der Waals surface area (Å²) in [7, 11) is 1.82. The van der Waals surface area contributed by atoms with Crippen LogP contribution >= 0.6 is 0 Å². The van der Waals surface area contributed by atoms with Crippen LogP contribution in [0.15, 0.2) is 0 Å². The largest absolute Gasteiger partial charge is 0.385 e. The van der Waals surface area contributed by atoms with Gasteiger partial charge in [-0.15, -0.1) is 0 Å². The molecule has 2 fully saturated rings. The van der Waals surface area contributed by atoms with Crippen molar-refractivity contribution in [2.75, 3.05) is 26.8 Å². The molecule has 0 amide bonds. The maximum atomic E-state index is 5.22. The normalized spacial score (nSPS) is 30.2. The van der Waals surface area contributed by atoms with Gasteiger partial charge in [0.1, 0.15) is 0 Å². The van der Waals surface area contributed by atoms with Gasteiger partial charge in [0.2, 0.25) is 0 Å². The van der Waals surface area contributed by atoms with E-state index in [1.807, 2.05) is 7.11 Å². The molecule has 0 aromatic rings. The zero-order valence-electron chi connectivity index (χ0n) is 9.30. The van der Waals surface area contributed by atoms with E-state index in [0.717, 1.165) is 24.4 Å². The third-order valence-corrected chi connectivity index (χ3v) is 3.82. The van der Waals surface area contributed by atoms with E-state index in [-0.39, 0.29) is 0 Å². The van der Waals surface area contributed by atoms with Crippen LogP contribution in [0.25, 0.3) is 0 Å². The molecule has 2 heteroatoms. The molecule has 2 rings (SSSR count). The highest BCUT2D eigenvalue weighted by Crippen LogP contribution is 2.43. The molecule has 1 N–H and O–H groups in total. The topological polar surface area (TPSA) is 21.3 Å². The fourth-order valence-corrected chi connectivity index (χ4v) is 2.88. The molecule has 2 atom stereocenters. The predicted molar refractivity (Wildman–Crippen MR) is 58.3 cm³/mol. The van der Waals surface area contributed by atoms with Crippen molar-refractivity contribution < 1.29 is 4.74 Å². The molecule has 2 unspecified atom stereocenters. The molecule has 1 aliphatic heterocycles. The maximum absolute atomic E-state index is 5.22. The second-order valence-electron chi connectivity index (χ2n) is 4.89. The zero-order valence-corrected chi connectivity index (χ0v) is 9.30. The van der Waals surface area contributed by atoms with E-state index in [2.05, 4.69) is 5.32 Å². The highest BCUT2D eigenvalue weighted by molar-refractivity contribution is 4.87. The lowest BCUT2D eigenvalue weighted by Gasteiger charge is -2.30. The molecule has 1 saturated heterocycles. The molecule has 2 aliphatic rings. The van der Waals surface area contributed by atoms with Gasteiger partial charge < -0.3 is 10.1 Å². The van der Waals surface area contributed by atoms with Crippen LogP contribution < -0.4 is 5.32 Å². The molecular formula is C12H23NO. The van der Waals surface area contributed by atoms with E-state index in [0.29, 0.717) is 0 Å². The summed E-state index contributed by atoms with van der Waals surface area (Å²) < 4.78 is 5.22. The summed E-state index contributed by atoms with van der Waals surface area (Å²) in [6.45, 7) is 3.45. The van der Waals surface area contributed by atoms with E-state index >= 15 is 0 Å². The number of hydrogen-bond acceptors (Lipinski definition) is 2. The third-order valence-electron chi connectivity index (χ3n) is 3.82. The van der Waals surface area contributed by atoms with Crippen LogP contribution in [0.1, 0.15) is 32.1 Å². The van der Waals surface area contributed by atoms with E-state index < -0.39 is 0 Å². The lowest BCUT2D eigenvalue weighted by Crippen LogP contribution is -2.35. The monoisotopic (exact) mass is 197 g/mol. The number of methoxy groups -OCH3 is 1. The summed E-state index contributed by atoms with van der Waals surface area (Å²) in [5, 5.41) is 3.53. The van der Waals surface area contributed by atoms with Gasteiger partial charge in [0.25, 0.3) is 0 Å². The Bertz CT molecular complexity index is 162. The summed E-state index contributed by atoms with van der Waals surface area (Å²) in [6.07, 6.45) is 7.06. The lowest BCUT2D eigenvalue weighted by molar-refractivity contribution is 0.140. The fourth-order valence-electron chi connectivity index (χ4n) is 2.88. The van der Waals surface area contributed by atoms with Gasteiger partial charge in [0, 0.05) is 13.7 Å². The minimum absolute atomic E-state index is 0.936. The van der Waals surface area contributed by atoms with Crippen LogP contribution in [0.2, 0.25) is 0 Å². The summed E-state index contributed by atoms with van der Waals surface area (Å²) in [4.78, 5) is 0. The molecule has 0 spiro atoms. The summed E-state index contributed by atoms with van der Waals surface area (Å²) in [5.74, 6) is 2.92. The molecule has 1 saturated carbocycles. The number of ether oxygens (including phenoxy) is 1. The highest BCUT2D eigenvalue weighted by Gasteiger charge is 2.36. The second kappa shape index (κ2) is 5.13. The zero-order chi connectivity index (χ0) is 9.80. The second-order valence-corrected chi connectivity index (χ2v) is 4.89. The van der Waals surface area contributed by atoms with E-state index in [4.69, 9.17) is 4.74 Å². The Morgan fingerprint density at radius 3 is 2.71 bits per heavy atom. The molecule has 82 valence electrons. The first-order valence-corrected chi connectivity index (χ1v) is 6.11. The first-order valence-electron chi connectivity index (χ1n) is 6.11. The number of piperidine rings is 1. The van der Waals surface area contributed by atoms with Gasteiger partial charge in [-0.3, -0.25) is 0 Å². The molecule has 14 heavy (non-hydrogen) atoms. The Balaban J connectivity index is 1.81. The first kappa shape index (κ1) is 10.4. The Kier molecular flexibility index (Phi) is 3.82. The molecule has 1 heterocycles. The average molecular weight is 197 g/mol. The minimum Gasteiger partial charge on any atom is -0.385 e. The molecule has 2 nitrogen and oxygen atoms in total. The Hall–Kier alpha value is -0.0800. The quantitative estimate of drug-likeness (QED) is 0.728. The van der Waals surface area contributed by atoms with Crippen molar-refractivity contribution >= 4 is 0 Å². The Labute approximate surface area is 87.4 Å². The van der Waals surface area contributed by atoms with Crippen LogP contribution in [0.4, 0.5) is 0 Å². The Morgan fingerprint density at radius 2 is 2.14 bits per heavy atom. The predicted octanol–water partition coefficient (Wildman–Crippen LogP) is 2.05. The highest BCUT2D eigenvalue weighted by atomic mass is 16.5. The van der Waals surface area contributed by atoms with Crippen molar-refractivity contribution in [3.8, 4) is 0 Å². The minimum atomic E-state index is 0.936. The number of nitrogens with one attached hydrogen (secondary N) is 1. The van der Waals surface area contributed by atoms with Gasteiger partial charge in [-0.25, -0.2) is 0 Å². The van der Waals surface area contributed by atoms with E-state index in [9.17, 15) is 0 Å². The SMILES string of the molecule is COCCC(C1CC1)C1CCCNC1. The molecule has 0 aromatic carbocycles. The van der Waals surface area contributed by atoms with Crippen molar-refractivity contribution in [1.29, 1.82) is 0 Å². The molecular weight excluding hydrogens is 174 g/mol. The number of rotatable bonds is 5. The summed E-state index contributed by atoms with van der Waals surface area (Å²) in [6, 6.07) is 0. The van der Waals surface area contributed by atoms with E-state index in [1.54, 1.807) is 0 Å². The van der Waals surface area contributed by atoms with Crippen LogP contribution in [0.3, 0.4) is 0 Å². The van der Waals surface area contributed by atoms with Gasteiger partial charge in [-0.2, -0.15) is 0 Å². The van der Waals surface area contributed by atoms with Gasteiger partial charge in [0.15, 0.2) is 0 Å². The Morgan fingerprint density at radius 1 is 1.29 bits per heavy atom. The van der Waals surface area contributed by atoms with Gasteiger partial charge in [-0.05, 0) is 62.9 Å². The van der Waals surface area contributed by atoms with Crippen LogP contribution in [-0.2, 0) is 4.74 Å². The maximum Gasteiger partial charge on any atom is 0.0465 e. The van der Waals surface area contributed by atoms with Crippen molar-refractivity contribution in [1.82, 2.24) is 5.32 Å². The van der Waals surface area contributed by atoms with Crippen molar-refractivity contribution in [3.05, 3.63) is 0 Å². The molecule has 0 bridgehead atoms. The molecule has 0 radical (unpaired) electrons. The van der Waals surface area contributed by atoms with Crippen LogP contribution in [-0.4, -0.2) is 26.8 Å². The van der Waals surface area contributed by atoms with Gasteiger partial charge >= 0.3 is 0 Å². The third kappa shape index (κ3) is 2.71. The smallest absolute Gasteiger partial charge is 0.0465 e. The standard InChI is InChI=1S/C12H23NO/c1-14-8-6-12(10-4-5-10)11-3-2-7-13-9-11/h10-13H,2-9H2,1H3. The lowest BCUT2D eigenvalue weighted by atomic mass is 9.81. The summed E-state index contributed by atoms with van der Waals surface area (Å²) in [5.41, 5.74) is 0. The van der Waals surface area contributed by atoms with Gasteiger partial charge in [0.05, 0.1) is 0 Å². The molecule has 1 aliphatic carbocycles. The van der Waals surface area contributed by atoms with Crippen molar-refractivity contribution in [3.63, 3.8) is 0 Å². The molecule has 0 aromatic heterocycles. The van der Waals surface area contributed by atoms with Crippen molar-refractivity contribution in [2.24, 2.45) is 17.8 Å². The van der Waals surface area contributed by atoms with Crippen LogP contribution in [0, 0.1) is 17.8 Å². The van der Waals surface area contributed by atoms with Gasteiger partial charge in [-0.1, -0.05) is 0 Å². The first-order chi connectivity index (χ1) is 6.92. The fraction of sp³-hybridized carbons (Fsp3) is 1.00. The average Bonchev–Trinajstić information content (AvgIpc) is 3.04.